The lowest BCUT2D eigenvalue weighted by atomic mass is 10.1. The SMILES string of the molecule is C/C=C(\C)NCCN1CCOCC1.CCOc1ccc(C)cc1OCCF.CNC=S.Cc1ccc(C(F)(F)F)cc1F. The van der Waals surface area contributed by atoms with E-state index in [0.717, 1.165) is 57.1 Å². The van der Waals surface area contributed by atoms with Gasteiger partial charge in [-0.15, -0.1) is 0 Å². The minimum absolute atomic E-state index is 0.0729. The Bertz CT molecular complexity index is 1070. The lowest BCUT2D eigenvalue weighted by molar-refractivity contribution is -0.137. The molecule has 0 bridgehead atoms. The van der Waals surface area contributed by atoms with Crippen molar-refractivity contribution in [2.75, 3.05) is 66.3 Å². The number of halogens is 5. The van der Waals surface area contributed by atoms with Gasteiger partial charge in [-0.1, -0.05) is 30.4 Å². The highest BCUT2D eigenvalue weighted by Gasteiger charge is 2.30. The monoisotopic (exact) mass is 635 g/mol. The lowest BCUT2D eigenvalue weighted by Crippen LogP contribution is -2.40. The zero-order chi connectivity index (χ0) is 32.7. The number of allylic oxidation sites excluding steroid dienone is 2. The largest absolute Gasteiger partial charge is 0.490 e. The van der Waals surface area contributed by atoms with Gasteiger partial charge in [0.2, 0.25) is 0 Å². The molecule has 12 heteroatoms. The minimum atomic E-state index is -4.46. The van der Waals surface area contributed by atoms with Crippen LogP contribution < -0.4 is 20.1 Å². The standard InChI is InChI=1S/C11H15FO2.C10H20N2O.C8H6F4.C2H5NS/c1-3-13-10-5-4-9(2)8-11(10)14-7-6-12;1-3-10(2)11-4-5-12-6-8-13-9-7-12;1-5-2-3-6(4-7(5)9)8(10,11)12;1-3-2-4/h4-5,8H,3,6-7H2,1-2H3;3,11H,4-9H2,1-2H3;2-4H,1H3;2H,1H3,(H,3,4)/b;10-3+;;. The zero-order valence-electron chi connectivity index (χ0n) is 26.0. The van der Waals surface area contributed by atoms with Gasteiger partial charge in [0.15, 0.2) is 11.5 Å². The van der Waals surface area contributed by atoms with E-state index in [2.05, 4.69) is 47.7 Å². The fourth-order valence-corrected chi connectivity index (χ4v) is 3.26. The van der Waals surface area contributed by atoms with Crippen LogP contribution >= 0.6 is 12.2 Å². The Kier molecular flexibility index (Phi) is 21.9. The van der Waals surface area contributed by atoms with Crippen LogP contribution in [0.4, 0.5) is 22.0 Å². The Morgan fingerprint density at radius 1 is 1.07 bits per heavy atom. The van der Waals surface area contributed by atoms with E-state index in [1.165, 1.54) is 18.1 Å². The molecule has 3 rings (SSSR count). The zero-order valence-corrected chi connectivity index (χ0v) is 26.8. The Labute approximate surface area is 258 Å². The number of thiocarbonyl (C=S) groups is 1. The van der Waals surface area contributed by atoms with E-state index in [1.807, 2.05) is 32.0 Å². The third kappa shape index (κ3) is 19.0. The predicted molar refractivity (Wildman–Crippen MR) is 167 cm³/mol. The summed E-state index contributed by atoms with van der Waals surface area (Å²) in [6, 6.07) is 8.09. The highest BCUT2D eigenvalue weighted by molar-refractivity contribution is 7.78. The van der Waals surface area contributed by atoms with Gasteiger partial charge < -0.3 is 24.8 Å². The van der Waals surface area contributed by atoms with Gasteiger partial charge in [0.05, 0.1) is 30.9 Å². The summed E-state index contributed by atoms with van der Waals surface area (Å²) in [7, 11) is 1.77. The molecule has 2 aromatic carbocycles. The molecule has 0 amide bonds. The molecule has 2 N–H and O–H groups in total. The van der Waals surface area contributed by atoms with Crippen LogP contribution in [0.1, 0.15) is 37.5 Å². The van der Waals surface area contributed by atoms with Gasteiger partial charge >= 0.3 is 6.18 Å². The Morgan fingerprint density at radius 3 is 2.23 bits per heavy atom. The van der Waals surface area contributed by atoms with E-state index < -0.39 is 24.2 Å². The van der Waals surface area contributed by atoms with Crippen LogP contribution in [0.25, 0.3) is 0 Å². The summed E-state index contributed by atoms with van der Waals surface area (Å²) >= 11 is 4.32. The number of alkyl halides is 4. The van der Waals surface area contributed by atoms with Crippen molar-refractivity contribution in [3.8, 4) is 11.5 Å². The van der Waals surface area contributed by atoms with Crippen molar-refractivity contribution in [3.63, 3.8) is 0 Å². The molecule has 0 aromatic heterocycles. The molecular formula is C31H46F5N3O3S. The topological polar surface area (TPSA) is 55.0 Å². The average Bonchev–Trinajstić information content (AvgIpc) is 2.99. The van der Waals surface area contributed by atoms with Gasteiger partial charge in [0.1, 0.15) is 19.1 Å². The predicted octanol–water partition coefficient (Wildman–Crippen LogP) is 6.89. The maximum absolute atomic E-state index is 12.6. The van der Waals surface area contributed by atoms with Gasteiger partial charge in [-0.25, -0.2) is 8.78 Å². The molecule has 0 unspecified atom stereocenters. The molecule has 1 aliphatic rings. The Morgan fingerprint density at radius 2 is 1.72 bits per heavy atom. The first-order valence-electron chi connectivity index (χ1n) is 14.0. The van der Waals surface area contributed by atoms with Crippen LogP contribution in [0.2, 0.25) is 0 Å². The quantitative estimate of drug-likeness (QED) is 0.218. The van der Waals surface area contributed by atoms with E-state index >= 15 is 0 Å². The smallest absolute Gasteiger partial charge is 0.416 e. The van der Waals surface area contributed by atoms with Crippen LogP contribution in [0.15, 0.2) is 48.2 Å². The van der Waals surface area contributed by atoms with Crippen molar-refractivity contribution in [2.24, 2.45) is 0 Å². The van der Waals surface area contributed by atoms with E-state index in [-0.39, 0.29) is 12.2 Å². The van der Waals surface area contributed by atoms with E-state index in [0.29, 0.717) is 24.2 Å². The van der Waals surface area contributed by atoms with Gasteiger partial charge in [-0.3, -0.25) is 4.90 Å². The second kappa shape index (κ2) is 23.5. The van der Waals surface area contributed by atoms with Crippen LogP contribution in [0, 0.1) is 19.7 Å². The second-order valence-corrected chi connectivity index (χ2v) is 9.38. The molecular weight excluding hydrogens is 589 g/mol. The summed E-state index contributed by atoms with van der Waals surface area (Å²) in [6.45, 7) is 15.7. The lowest BCUT2D eigenvalue weighted by Gasteiger charge is -2.26. The first-order chi connectivity index (χ1) is 20.4. The number of nitrogens with zero attached hydrogens (tertiary/aromatic N) is 1. The second-order valence-electron chi connectivity index (χ2n) is 9.14. The molecule has 1 aliphatic heterocycles. The van der Waals surface area contributed by atoms with Crippen LogP contribution in [-0.4, -0.2) is 76.7 Å². The number of morpholine rings is 1. The van der Waals surface area contributed by atoms with Crippen LogP contribution in [0.3, 0.4) is 0 Å². The molecule has 6 nitrogen and oxygen atoms in total. The van der Waals surface area contributed by atoms with Crippen LogP contribution in [0.5, 0.6) is 11.5 Å². The Balaban J connectivity index is 0.000000580. The molecule has 43 heavy (non-hydrogen) atoms. The molecule has 244 valence electrons. The molecule has 0 aliphatic carbocycles. The summed E-state index contributed by atoms with van der Waals surface area (Å²) in [6.07, 6.45) is -2.37. The number of hydrogen-bond acceptors (Lipinski definition) is 6. The maximum atomic E-state index is 12.6. The number of hydrogen-bond donors (Lipinski definition) is 2. The molecule has 0 saturated carbocycles. The van der Waals surface area contributed by atoms with Crippen molar-refractivity contribution in [1.29, 1.82) is 0 Å². The normalized spacial score (nSPS) is 13.1. The van der Waals surface area contributed by atoms with Crippen molar-refractivity contribution in [3.05, 3.63) is 70.7 Å². The average molecular weight is 636 g/mol. The number of ether oxygens (including phenoxy) is 3. The van der Waals surface area contributed by atoms with Gasteiger partial charge in [0.25, 0.3) is 0 Å². The van der Waals surface area contributed by atoms with Crippen molar-refractivity contribution >= 4 is 17.7 Å². The fourth-order valence-electron chi connectivity index (χ4n) is 3.26. The number of benzene rings is 2. The fraction of sp³-hybridized carbons (Fsp3) is 0.516. The maximum Gasteiger partial charge on any atom is 0.416 e. The summed E-state index contributed by atoms with van der Waals surface area (Å²) in [4.78, 5) is 2.43. The summed E-state index contributed by atoms with van der Waals surface area (Å²) in [5.41, 5.74) is 3.05. The van der Waals surface area contributed by atoms with Crippen molar-refractivity contribution in [2.45, 2.75) is 40.8 Å². The third-order valence-electron chi connectivity index (χ3n) is 5.72. The molecule has 2 aromatic rings. The summed E-state index contributed by atoms with van der Waals surface area (Å²) < 4.78 is 76.2. The van der Waals surface area contributed by atoms with Crippen molar-refractivity contribution < 1.29 is 36.2 Å². The number of rotatable bonds is 10. The van der Waals surface area contributed by atoms with E-state index in [4.69, 9.17) is 14.2 Å². The molecule has 1 fully saturated rings. The summed E-state index contributed by atoms with van der Waals surface area (Å²) in [5.74, 6) is 0.459. The van der Waals surface area contributed by atoms with Gasteiger partial charge in [-0.05, 0) is 70.0 Å². The minimum Gasteiger partial charge on any atom is -0.490 e. The number of nitrogens with one attached hydrogen (secondary N) is 2. The number of aryl methyl sites for hydroxylation is 2. The highest BCUT2D eigenvalue weighted by Crippen LogP contribution is 2.30. The van der Waals surface area contributed by atoms with Crippen LogP contribution in [-0.2, 0) is 10.9 Å². The van der Waals surface area contributed by atoms with E-state index in [1.54, 1.807) is 7.05 Å². The Hall–Kier alpha value is -2.96. The van der Waals surface area contributed by atoms with E-state index in [9.17, 15) is 22.0 Å². The molecule has 0 atom stereocenters. The first kappa shape index (κ1) is 40.0. The van der Waals surface area contributed by atoms with Gasteiger partial charge in [0, 0.05) is 38.9 Å². The third-order valence-corrected chi connectivity index (χ3v) is 5.96. The molecule has 1 saturated heterocycles. The molecule has 0 spiro atoms. The summed E-state index contributed by atoms with van der Waals surface area (Å²) in [5, 5.41) is 5.98. The van der Waals surface area contributed by atoms with Gasteiger partial charge in [-0.2, -0.15) is 13.2 Å². The molecule has 0 radical (unpaired) electrons. The first-order valence-corrected chi connectivity index (χ1v) is 14.4. The molecule has 1 heterocycles. The van der Waals surface area contributed by atoms with Crippen molar-refractivity contribution in [1.82, 2.24) is 15.5 Å². The highest BCUT2D eigenvalue weighted by atomic mass is 32.1.